The molecule has 0 aliphatic carbocycles. The second-order valence-corrected chi connectivity index (χ2v) is 6.12. The second-order valence-electron chi connectivity index (χ2n) is 6.12. The quantitative estimate of drug-likeness (QED) is 0.403. The minimum Gasteiger partial charge on any atom is -0.427 e. The molecule has 0 amide bonds. The molecule has 0 N–H and O–H groups in total. The van der Waals surface area contributed by atoms with E-state index in [1.54, 1.807) is 36.4 Å². The molecule has 0 heterocycles. The maximum absolute atomic E-state index is 11.5. The van der Waals surface area contributed by atoms with Crippen LogP contribution in [-0.2, 0) is 19.2 Å². The summed E-state index contributed by atoms with van der Waals surface area (Å²) in [6.45, 7) is 4.86. The van der Waals surface area contributed by atoms with Gasteiger partial charge in [0, 0.05) is 27.7 Å². The van der Waals surface area contributed by atoms with Crippen LogP contribution in [0.15, 0.2) is 36.4 Å². The lowest BCUT2D eigenvalue weighted by atomic mass is 10.1. The van der Waals surface area contributed by atoms with Gasteiger partial charge in [-0.2, -0.15) is 0 Å². The summed E-state index contributed by atoms with van der Waals surface area (Å²) in [5, 5.41) is 0. The Morgan fingerprint density at radius 2 is 1.03 bits per heavy atom. The normalized spacial score (nSPS) is 10.4. The largest absolute Gasteiger partial charge is 0.427 e. The van der Waals surface area contributed by atoms with Crippen molar-refractivity contribution in [1.29, 1.82) is 0 Å². The molecule has 8 heteroatoms. The Kier molecular flexibility index (Phi) is 7.46. The Balaban J connectivity index is 2.41. The molecule has 0 fully saturated rings. The zero-order chi connectivity index (χ0) is 22.3. The van der Waals surface area contributed by atoms with Gasteiger partial charge in [-0.05, 0) is 35.4 Å². The third-order valence-electron chi connectivity index (χ3n) is 3.41. The van der Waals surface area contributed by atoms with E-state index in [4.69, 9.17) is 18.9 Å². The van der Waals surface area contributed by atoms with Crippen molar-refractivity contribution in [1.82, 2.24) is 0 Å². The fourth-order valence-corrected chi connectivity index (χ4v) is 2.40. The first-order valence-corrected chi connectivity index (χ1v) is 8.84. The number of carbonyl (C=O) groups excluding carboxylic acids is 4. The smallest absolute Gasteiger partial charge is 0.308 e. The minimum absolute atomic E-state index is 0.0682. The summed E-state index contributed by atoms with van der Waals surface area (Å²) in [4.78, 5) is 45.3. The molecular formula is C22H20O8. The van der Waals surface area contributed by atoms with Crippen LogP contribution in [0.3, 0.4) is 0 Å². The zero-order valence-corrected chi connectivity index (χ0v) is 16.9. The van der Waals surface area contributed by atoms with Gasteiger partial charge in [0.2, 0.25) is 5.75 Å². The summed E-state index contributed by atoms with van der Waals surface area (Å²) in [6, 6.07) is 9.69. The Morgan fingerprint density at radius 3 is 1.47 bits per heavy atom. The van der Waals surface area contributed by atoms with Gasteiger partial charge in [-0.25, -0.2) is 0 Å². The van der Waals surface area contributed by atoms with Crippen LogP contribution in [0.5, 0.6) is 23.0 Å². The molecule has 0 bridgehead atoms. The van der Waals surface area contributed by atoms with E-state index >= 15 is 0 Å². The molecule has 8 nitrogen and oxygen atoms in total. The van der Waals surface area contributed by atoms with Gasteiger partial charge in [-0.1, -0.05) is 24.3 Å². The molecule has 0 aliphatic rings. The molecule has 0 saturated heterocycles. The topological polar surface area (TPSA) is 105 Å². The monoisotopic (exact) mass is 412 g/mol. The third-order valence-corrected chi connectivity index (χ3v) is 3.41. The van der Waals surface area contributed by atoms with Crippen LogP contribution in [0, 0.1) is 0 Å². The summed E-state index contributed by atoms with van der Waals surface area (Å²) in [5.74, 6) is -2.26. The molecule has 0 unspecified atom stereocenters. The Labute approximate surface area is 173 Å². The summed E-state index contributed by atoms with van der Waals surface area (Å²) >= 11 is 0. The molecule has 0 saturated carbocycles. The van der Waals surface area contributed by atoms with E-state index in [-0.39, 0.29) is 17.2 Å². The number of hydrogen-bond donors (Lipinski definition) is 0. The molecular weight excluding hydrogens is 392 g/mol. The van der Waals surface area contributed by atoms with Crippen LogP contribution < -0.4 is 18.9 Å². The Hall–Kier alpha value is -3.94. The van der Waals surface area contributed by atoms with Crippen molar-refractivity contribution in [3.63, 3.8) is 0 Å². The number of rotatable bonds is 6. The predicted octanol–water partition coefficient (Wildman–Crippen LogP) is 3.56. The first-order chi connectivity index (χ1) is 14.1. The van der Waals surface area contributed by atoms with Gasteiger partial charge in [0.15, 0.2) is 11.5 Å². The van der Waals surface area contributed by atoms with Crippen molar-refractivity contribution in [2.45, 2.75) is 27.7 Å². The fourth-order valence-electron chi connectivity index (χ4n) is 2.40. The van der Waals surface area contributed by atoms with Crippen LogP contribution >= 0.6 is 0 Å². The van der Waals surface area contributed by atoms with Crippen molar-refractivity contribution in [3.8, 4) is 23.0 Å². The lowest BCUT2D eigenvalue weighted by molar-refractivity contribution is -0.135. The molecule has 0 spiro atoms. The number of hydrogen-bond acceptors (Lipinski definition) is 8. The van der Waals surface area contributed by atoms with E-state index in [9.17, 15) is 19.2 Å². The molecule has 2 aromatic carbocycles. The highest BCUT2D eigenvalue weighted by molar-refractivity contribution is 5.80. The first-order valence-electron chi connectivity index (χ1n) is 8.84. The van der Waals surface area contributed by atoms with Crippen molar-refractivity contribution in [2.75, 3.05) is 0 Å². The Morgan fingerprint density at radius 1 is 0.600 bits per heavy atom. The van der Waals surface area contributed by atoms with Crippen LogP contribution in [0.2, 0.25) is 0 Å². The SMILES string of the molecule is CC(=O)Oc1ccc(C=Cc2cc(OC(C)=O)c(OC(C)=O)c(OC(C)=O)c2)cc1. The van der Waals surface area contributed by atoms with Gasteiger partial charge in [0.05, 0.1) is 0 Å². The third kappa shape index (κ3) is 6.90. The number of benzene rings is 2. The number of carbonyl (C=O) groups is 4. The highest BCUT2D eigenvalue weighted by Gasteiger charge is 2.19. The molecule has 0 aromatic heterocycles. The summed E-state index contributed by atoms with van der Waals surface area (Å²) in [6.07, 6.45) is 3.42. The minimum atomic E-state index is -0.673. The molecule has 0 radical (unpaired) electrons. The number of ether oxygens (including phenoxy) is 4. The average molecular weight is 412 g/mol. The molecule has 156 valence electrons. The second kappa shape index (κ2) is 10.0. The van der Waals surface area contributed by atoms with Gasteiger partial charge < -0.3 is 18.9 Å². The van der Waals surface area contributed by atoms with E-state index in [1.165, 1.54) is 39.8 Å². The van der Waals surface area contributed by atoms with E-state index in [0.29, 0.717) is 11.3 Å². The zero-order valence-electron chi connectivity index (χ0n) is 16.9. The maximum atomic E-state index is 11.5. The predicted molar refractivity (Wildman–Crippen MR) is 107 cm³/mol. The lowest BCUT2D eigenvalue weighted by Crippen LogP contribution is -2.10. The van der Waals surface area contributed by atoms with Gasteiger partial charge in [0.25, 0.3) is 0 Å². The van der Waals surface area contributed by atoms with Gasteiger partial charge >= 0.3 is 23.9 Å². The standard InChI is InChI=1S/C22H20O8/c1-13(23)27-19-9-7-17(8-10-19)5-6-18-11-20(28-14(2)24)22(30-16(4)26)21(12-18)29-15(3)25/h5-12H,1-4H3. The molecule has 0 atom stereocenters. The highest BCUT2D eigenvalue weighted by atomic mass is 16.6. The van der Waals surface area contributed by atoms with Crippen LogP contribution in [-0.4, -0.2) is 23.9 Å². The first kappa shape index (κ1) is 22.4. The molecule has 30 heavy (non-hydrogen) atoms. The maximum Gasteiger partial charge on any atom is 0.308 e. The summed E-state index contributed by atoms with van der Waals surface area (Å²) in [5.41, 5.74) is 1.31. The average Bonchev–Trinajstić information content (AvgIpc) is 2.62. The summed E-state index contributed by atoms with van der Waals surface area (Å²) < 4.78 is 20.3. The van der Waals surface area contributed by atoms with Gasteiger partial charge in [0.1, 0.15) is 5.75 Å². The van der Waals surface area contributed by atoms with Crippen molar-refractivity contribution in [3.05, 3.63) is 47.5 Å². The summed E-state index contributed by atoms with van der Waals surface area (Å²) in [7, 11) is 0. The lowest BCUT2D eigenvalue weighted by Gasteiger charge is -2.14. The van der Waals surface area contributed by atoms with Crippen molar-refractivity contribution >= 4 is 36.0 Å². The highest BCUT2D eigenvalue weighted by Crippen LogP contribution is 2.40. The van der Waals surface area contributed by atoms with Gasteiger partial charge in [-0.15, -0.1) is 0 Å². The molecule has 0 aliphatic heterocycles. The van der Waals surface area contributed by atoms with Crippen molar-refractivity contribution in [2.24, 2.45) is 0 Å². The molecule has 2 aromatic rings. The van der Waals surface area contributed by atoms with Crippen LogP contribution in [0.25, 0.3) is 12.2 Å². The van der Waals surface area contributed by atoms with Crippen LogP contribution in [0.4, 0.5) is 0 Å². The van der Waals surface area contributed by atoms with Crippen LogP contribution in [0.1, 0.15) is 38.8 Å². The van der Waals surface area contributed by atoms with E-state index in [2.05, 4.69) is 0 Å². The fraction of sp³-hybridized carbons (Fsp3) is 0.182. The van der Waals surface area contributed by atoms with Crippen molar-refractivity contribution < 1.29 is 38.1 Å². The van der Waals surface area contributed by atoms with E-state index in [1.807, 2.05) is 0 Å². The Bertz CT molecular complexity index is 965. The number of esters is 4. The van der Waals surface area contributed by atoms with Gasteiger partial charge in [-0.3, -0.25) is 19.2 Å². The van der Waals surface area contributed by atoms with E-state index in [0.717, 1.165) is 5.56 Å². The molecule has 2 rings (SSSR count). The van der Waals surface area contributed by atoms with E-state index < -0.39 is 23.9 Å².